The van der Waals surface area contributed by atoms with E-state index in [1.54, 1.807) is 0 Å². The molecule has 0 amide bonds. The molecule has 4 aliphatic rings. The number of carbonyl (C=O) groups excluding carboxylic acids is 2. The van der Waals surface area contributed by atoms with E-state index in [4.69, 9.17) is 0 Å². The molecule has 2 spiro atoms. The van der Waals surface area contributed by atoms with Crippen molar-refractivity contribution in [2.24, 2.45) is 0 Å². The Morgan fingerprint density at radius 1 is 0.216 bits per heavy atom. The molecule has 4 aromatic heterocycles. The van der Waals surface area contributed by atoms with Crippen LogP contribution in [0.3, 0.4) is 0 Å². The SMILES string of the molecule is Brc1ccccc1N(c1ccccc1)c1ccccc1.C.C.O=C1c2cc(N(c3ccccc3)c3ccccc3)sc2C(=O)c2cc(N(c3ccccc3)c3ccccc3)sc21.[B].c1ccc(N(c2ccccc2)c2cc3c(s2)C2(c4ccccc4N(c4ccccc4)c4ccccc42)c2cc(N(c4ccccc4)c4ccccc4)sc2C32c3ccccc3N(c3ccccc3)c3ccccc32)cc1. The molecule has 17 aromatic carbocycles. The number of benzene rings is 17. The lowest BCUT2D eigenvalue weighted by Crippen LogP contribution is -2.47. The quantitative estimate of drug-likeness (QED) is 0.0830. The van der Waals surface area contributed by atoms with Crippen LogP contribution >= 0.6 is 61.3 Å². The average Bonchev–Trinajstić information content (AvgIpc) is 1.53. The van der Waals surface area contributed by atoms with E-state index in [0.717, 1.165) is 121 Å². The maximum absolute atomic E-state index is 13.9. The van der Waals surface area contributed by atoms with Gasteiger partial charge in [-0.25, -0.2) is 0 Å². The molecule has 2 aliphatic carbocycles. The van der Waals surface area contributed by atoms with Gasteiger partial charge in [0.1, 0.15) is 20.0 Å². The van der Waals surface area contributed by atoms with Gasteiger partial charge in [-0.05, 0) is 256 Å². The van der Waals surface area contributed by atoms with Crippen molar-refractivity contribution in [1.82, 2.24) is 0 Å². The molecule has 139 heavy (non-hydrogen) atoms. The Balaban J connectivity index is 0.000000156. The first-order chi connectivity index (χ1) is 67.3. The van der Waals surface area contributed by atoms with Gasteiger partial charge in [0.25, 0.3) is 0 Å². The molecule has 6 heterocycles. The summed E-state index contributed by atoms with van der Waals surface area (Å²) in [6, 6.07) is 180. The van der Waals surface area contributed by atoms with E-state index < -0.39 is 10.8 Å². The summed E-state index contributed by atoms with van der Waals surface area (Å²) >= 11 is 10.3. The van der Waals surface area contributed by atoms with Gasteiger partial charge in [0, 0.05) is 102 Å². The first-order valence-corrected chi connectivity index (χ1v) is 49.4. The molecule has 3 radical (unpaired) electrons. The topological polar surface area (TPSA) is 56.8 Å². The van der Waals surface area contributed by atoms with Crippen molar-refractivity contribution in [1.29, 1.82) is 0 Å². The minimum Gasteiger partial charge on any atom is -0.310 e. The number of hydrogen-bond acceptors (Lipinski definition) is 13. The number of ketones is 2. The van der Waals surface area contributed by atoms with Crippen LogP contribution in [0.1, 0.15) is 88.5 Å². The van der Waals surface area contributed by atoms with E-state index >= 15 is 0 Å². The molecule has 0 saturated heterocycles. The summed E-state index contributed by atoms with van der Waals surface area (Å²) in [6.45, 7) is 0. The third-order valence-electron chi connectivity index (χ3n) is 25.6. The number of anilines is 21. The Morgan fingerprint density at radius 3 is 0.662 bits per heavy atom. The number of para-hydroxylation sites is 17. The minimum absolute atomic E-state index is 0. The zero-order valence-corrected chi connectivity index (χ0v) is 78.9. The Labute approximate surface area is 838 Å². The third-order valence-corrected chi connectivity index (χ3v) is 31.0. The fraction of sp³-hybridized carbons (Fsp3) is 0.0323. The van der Waals surface area contributed by atoms with Crippen molar-refractivity contribution in [3.05, 3.63) is 578 Å². The van der Waals surface area contributed by atoms with Crippen molar-refractivity contribution >= 4 is 198 Å². The van der Waals surface area contributed by atoms with Gasteiger partial charge in [-0.3, -0.25) is 9.59 Å². The van der Waals surface area contributed by atoms with E-state index in [2.05, 4.69) is 408 Å². The van der Waals surface area contributed by atoms with Crippen LogP contribution in [-0.4, -0.2) is 20.0 Å². The lowest BCUT2D eigenvalue weighted by molar-refractivity contribution is 0.0986. The van der Waals surface area contributed by atoms with Crippen molar-refractivity contribution in [2.75, 3.05) is 34.3 Å². The predicted molar refractivity (Wildman–Crippen MR) is 591 cm³/mol. The van der Waals surface area contributed by atoms with Gasteiger partial charge in [-0.2, -0.15) is 0 Å². The Kier molecular flexibility index (Phi) is 25.7. The van der Waals surface area contributed by atoms with Gasteiger partial charge in [-0.15, -0.1) is 45.3 Å². The molecule has 0 saturated carbocycles. The fourth-order valence-electron chi connectivity index (χ4n) is 19.9. The largest absolute Gasteiger partial charge is 0.310 e. The van der Waals surface area contributed by atoms with Gasteiger partial charge in [0.15, 0.2) is 0 Å². The summed E-state index contributed by atoms with van der Waals surface area (Å²) in [4.78, 5) is 47.7. The second kappa shape index (κ2) is 39.4. The predicted octanol–water partition coefficient (Wildman–Crippen LogP) is 35.7. The minimum atomic E-state index is -0.801. The van der Waals surface area contributed by atoms with Gasteiger partial charge in [0.05, 0.1) is 49.0 Å². The molecular weight excluding hydrogens is 1840 g/mol. The number of nitrogens with zero attached hydrogens (tertiary/aromatic N) is 7. The van der Waals surface area contributed by atoms with E-state index in [-0.39, 0.29) is 34.8 Å². The van der Waals surface area contributed by atoms with Crippen LogP contribution < -0.4 is 34.3 Å². The summed E-state index contributed by atoms with van der Waals surface area (Å²) in [5, 5.41) is 3.95. The van der Waals surface area contributed by atoms with Crippen LogP contribution in [-0.2, 0) is 10.8 Å². The van der Waals surface area contributed by atoms with Crippen LogP contribution in [0.25, 0.3) is 0 Å². The van der Waals surface area contributed by atoms with E-state index in [1.165, 1.54) is 65.8 Å². The molecule has 0 atom stereocenters. The highest BCUT2D eigenvalue weighted by Gasteiger charge is 2.62. The summed E-state index contributed by atoms with van der Waals surface area (Å²) in [5.41, 5.74) is 25.4. The Morgan fingerprint density at radius 2 is 0.417 bits per heavy atom. The fourth-order valence-corrected chi connectivity index (χ4v) is 25.7. The van der Waals surface area contributed by atoms with Crippen molar-refractivity contribution in [2.45, 2.75) is 25.7 Å². The van der Waals surface area contributed by atoms with Crippen LogP contribution in [0.2, 0.25) is 0 Å². The highest BCUT2D eigenvalue weighted by Crippen LogP contribution is 2.72. The number of halogens is 1. The normalized spacial score (nSPS) is 12.6. The monoisotopic (exact) mass is 1930 g/mol. The van der Waals surface area contributed by atoms with Gasteiger partial charge in [0.2, 0.25) is 11.6 Å². The van der Waals surface area contributed by atoms with E-state index in [0.29, 0.717) is 20.9 Å². The molecule has 21 aromatic rings. The lowest BCUT2D eigenvalue weighted by Gasteiger charge is -2.53. The first-order valence-electron chi connectivity index (χ1n) is 45.3. The zero-order valence-electron chi connectivity index (χ0n) is 74.0. The smallest absolute Gasteiger partial charge is 0.205 e. The highest BCUT2D eigenvalue weighted by molar-refractivity contribution is 9.10. The number of fused-ring (bicyclic) bond motifs is 16. The van der Waals surface area contributed by atoms with Crippen molar-refractivity contribution in [3.8, 4) is 0 Å². The number of rotatable bonds is 17. The Hall–Kier alpha value is -16.0. The van der Waals surface area contributed by atoms with Gasteiger partial charge < -0.3 is 34.3 Å². The number of thiophene rings is 4. The second-order valence-electron chi connectivity index (χ2n) is 33.4. The number of hydrogen-bond donors (Lipinski definition) is 0. The third kappa shape index (κ3) is 16.0. The Bertz CT molecular complexity index is 7090. The second-order valence-corrected chi connectivity index (χ2v) is 38.3. The lowest BCUT2D eigenvalue weighted by atomic mass is 9.53. The van der Waals surface area contributed by atoms with Crippen LogP contribution in [0.5, 0.6) is 0 Å². The molecule has 0 unspecified atom stereocenters. The average molecular weight is 1930 g/mol. The zero-order chi connectivity index (χ0) is 91.1. The standard InChI is InChI=1S/C70H48N4S2.C34H22N2O2S2.C18H14BrN.2CH4.B/c1-7-27-49(28-8-1)71(50-29-9-2-10-30-50)65-47-59-67(75-65)70(57-41-21-25-45-63(57)74(54-37-17-6-18-38-54)64-46-26-22-42-58(64)70)60-48-66(72(51-31-11-3-12-32-51)52-33-13-4-14-34-52)76-68(60)69(59)55-39-19-23-43-61(55)73(53-35-15-5-16-36-53)62-44-24-20-40-56(62)69;37-31-27-21-29(35(23-13-5-1-6-14-23)24-15-7-2-8-16-24)39-33(27)32(38)28-22-30(40-34(28)31)36(25-17-9-3-10-18-25)26-19-11-4-12-20-26;19-17-13-7-8-14-18(17)20(15-9-3-1-4-10-15)16-11-5-2-6-12-16;;;/h1-48H;1-22H;1-14H;2*1H4;. The molecule has 0 fully saturated rings. The molecule has 0 bridgehead atoms. The maximum atomic E-state index is 13.9. The molecule has 669 valence electrons. The summed E-state index contributed by atoms with van der Waals surface area (Å²) < 4.78 is 1.08. The van der Waals surface area contributed by atoms with E-state index in [1.807, 2.05) is 174 Å². The first kappa shape index (κ1) is 90.8. The van der Waals surface area contributed by atoms with Crippen LogP contribution in [0.15, 0.2) is 514 Å². The molecule has 9 nitrogen and oxygen atoms in total. The summed E-state index contributed by atoms with van der Waals surface area (Å²) in [6.07, 6.45) is 0. The maximum Gasteiger partial charge on any atom is 0.205 e. The molecule has 2 aliphatic heterocycles. The van der Waals surface area contributed by atoms with Gasteiger partial charge in [-0.1, -0.05) is 318 Å². The van der Waals surface area contributed by atoms with E-state index in [9.17, 15) is 9.59 Å². The number of carbonyl (C=O) groups is 2. The molecule has 25 rings (SSSR count). The summed E-state index contributed by atoms with van der Waals surface area (Å²) in [5.74, 6) is -0.212. The molecule has 15 heteroatoms. The van der Waals surface area contributed by atoms with Crippen LogP contribution in [0, 0.1) is 0 Å². The summed E-state index contributed by atoms with van der Waals surface area (Å²) in [7, 11) is 0. The van der Waals surface area contributed by atoms with Crippen molar-refractivity contribution in [3.63, 3.8) is 0 Å². The van der Waals surface area contributed by atoms with Crippen molar-refractivity contribution < 1.29 is 9.59 Å². The molecular formula is C124H92BBrN7O2S4. The molecule has 0 N–H and O–H groups in total. The van der Waals surface area contributed by atoms with Crippen LogP contribution in [0.4, 0.5) is 117 Å². The highest BCUT2D eigenvalue weighted by atomic mass is 79.9. The van der Waals surface area contributed by atoms with Gasteiger partial charge >= 0.3 is 0 Å².